The van der Waals surface area contributed by atoms with Gasteiger partial charge in [-0.25, -0.2) is 9.18 Å². The third-order valence-electron chi connectivity index (χ3n) is 3.84. The number of ether oxygens (including phenoxy) is 1. The zero-order valence-corrected chi connectivity index (χ0v) is 13.7. The Kier molecular flexibility index (Phi) is 6.90. The number of carboxylic acids is 1. The van der Waals surface area contributed by atoms with Crippen molar-refractivity contribution in [2.45, 2.75) is 25.4 Å². The van der Waals surface area contributed by atoms with Gasteiger partial charge >= 0.3 is 5.97 Å². The van der Waals surface area contributed by atoms with E-state index in [2.05, 4.69) is 5.32 Å². The normalized spacial score (nSPS) is 12.1. The lowest BCUT2D eigenvalue weighted by Crippen LogP contribution is -2.32. The Morgan fingerprint density at radius 3 is 2.58 bits per heavy atom. The van der Waals surface area contributed by atoms with Gasteiger partial charge in [0.05, 0.1) is 5.56 Å². The topological polar surface area (TPSA) is 58.6 Å². The van der Waals surface area contributed by atoms with Crippen LogP contribution < -0.4 is 5.32 Å². The van der Waals surface area contributed by atoms with Crippen molar-refractivity contribution < 1.29 is 19.0 Å². The van der Waals surface area contributed by atoms with Crippen LogP contribution in [0.2, 0.25) is 0 Å². The molecule has 0 heterocycles. The molecule has 0 aliphatic carbocycles. The number of benzene rings is 2. The molecule has 0 spiro atoms. The lowest BCUT2D eigenvalue weighted by Gasteiger charge is -2.19. The summed E-state index contributed by atoms with van der Waals surface area (Å²) in [6.07, 6.45) is 1.51. The molecular formula is C19H22FNO3. The molecule has 2 rings (SSSR count). The molecule has 1 atom stereocenters. The van der Waals surface area contributed by atoms with Crippen molar-refractivity contribution in [2.75, 3.05) is 13.7 Å². The number of halogens is 1. The maximum atomic E-state index is 13.3. The van der Waals surface area contributed by atoms with Crippen molar-refractivity contribution in [3.05, 3.63) is 71.0 Å². The number of carbonyl (C=O) groups is 1. The third-order valence-corrected chi connectivity index (χ3v) is 3.84. The summed E-state index contributed by atoms with van der Waals surface area (Å²) in [5.74, 6) is -1.17. The molecule has 4 nitrogen and oxygen atoms in total. The Bertz CT molecular complexity index is 658. The number of hydrogen-bond donors (Lipinski definition) is 2. The zero-order chi connectivity index (χ0) is 17.4. The van der Waals surface area contributed by atoms with Crippen LogP contribution in [-0.4, -0.2) is 30.8 Å². The van der Waals surface area contributed by atoms with Crippen LogP contribution in [-0.2, 0) is 17.7 Å². The van der Waals surface area contributed by atoms with Crippen LogP contribution in [0.1, 0.15) is 27.9 Å². The first kappa shape index (κ1) is 18.1. The summed E-state index contributed by atoms with van der Waals surface area (Å²) >= 11 is 0. The van der Waals surface area contributed by atoms with Crippen LogP contribution in [0.3, 0.4) is 0 Å². The summed E-state index contributed by atoms with van der Waals surface area (Å²) in [5, 5.41) is 12.4. The molecular weight excluding hydrogens is 309 g/mol. The van der Waals surface area contributed by atoms with Crippen LogP contribution in [0.5, 0.6) is 0 Å². The highest BCUT2D eigenvalue weighted by atomic mass is 19.1. The zero-order valence-electron chi connectivity index (χ0n) is 13.7. The van der Waals surface area contributed by atoms with Gasteiger partial charge in [0.1, 0.15) is 5.82 Å². The predicted molar refractivity (Wildman–Crippen MR) is 90.6 cm³/mol. The molecule has 2 aromatic carbocycles. The summed E-state index contributed by atoms with van der Waals surface area (Å²) in [6, 6.07) is 13.5. The van der Waals surface area contributed by atoms with E-state index in [1.165, 1.54) is 6.07 Å². The second-order valence-electron chi connectivity index (χ2n) is 5.70. The average molecular weight is 331 g/mol. The van der Waals surface area contributed by atoms with Gasteiger partial charge < -0.3 is 15.2 Å². The highest BCUT2D eigenvalue weighted by Gasteiger charge is 2.10. The molecule has 0 saturated carbocycles. The molecule has 0 fully saturated rings. The number of aromatic carboxylic acids is 1. The molecule has 128 valence electrons. The van der Waals surface area contributed by atoms with Crippen LogP contribution in [0.15, 0.2) is 48.5 Å². The van der Waals surface area contributed by atoms with Crippen molar-refractivity contribution in [1.82, 2.24) is 5.32 Å². The smallest absolute Gasteiger partial charge is 0.335 e. The third kappa shape index (κ3) is 5.76. The Morgan fingerprint density at radius 1 is 1.21 bits per heavy atom. The van der Waals surface area contributed by atoms with E-state index in [9.17, 15) is 9.18 Å². The van der Waals surface area contributed by atoms with Gasteiger partial charge in [-0.1, -0.05) is 24.3 Å². The molecule has 0 amide bonds. The van der Waals surface area contributed by atoms with E-state index < -0.39 is 5.97 Å². The lowest BCUT2D eigenvalue weighted by molar-refractivity contribution is 0.0697. The molecule has 0 bridgehead atoms. The highest BCUT2D eigenvalue weighted by Crippen LogP contribution is 2.10. The van der Waals surface area contributed by atoms with E-state index in [0.29, 0.717) is 19.6 Å². The predicted octanol–water partition coefficient (Wildman–Crippen LogP) is 3.26. The van der Waals surface area contributed by atoms with Crippen LogP contribution in [0.25, 0.3) is 0 Å². The van der Waals surface area contributed by atoms with E-state index in [0.717, 1.165) is 17.5 Å². The van der Waals surface area contributed by atoms with Crippen LogP contribution >= 0.6 is 0 Å². The maximum absolute atomic E-state index is 13.3. The molecule has 1 unspecified atom stereocenters. The molecule has 0 aromatic heterocycles. The summed E-state index contributed by atoms with van der Waals surface area (Å²) in [5.41, 5.74) is 2.21. The van der Waals surface area contributed by atoms with E-state index in [1.54, 1.807) is 43.5 Å². The second kappa shape index (κ2) is 9.15. The highest BCUT2D eigenvalue weighted by molar-refractivity contribution is 5.87. The van der Waals surface area contributed by atoms with Gasteiger partial charge in [-0.3, -0.25) is 0 Å². The van der Waals surface area contributed by atoms with Crippen molar-refractivity contribution in [3.63, 3.8) is 0 Å². The fourth-order valence-electron chi connectivity index (χ4n) is 2.51. The monoisotopic (exact) mass is 331 g/mol. The lowest BCUT2D eigenvalue weighted by atomic mass is 10.0. The fraction of sp³-hybridized carbons (Fsp3) is 0.316. The van der Waals surface area contributed by atoms with Gasteiger partial charge in [0.2, 0.25) is 0 Å². The maximum Gasteiger partial charge on any atom is 0.335 e. The number of carboxylic acid groups (broad SMARTS) is 1. The SMILES string of the molecule is COCCC(Cc1cccc(F)c1)NCc1ccc(C(=O)O)cc1. The Hall–Kier alpha value is -2.24. The van der Waals surface area contributed by atoms with E-state index >= 15 is 0 Å². The molecule has 0 radical (unpaired) electrons. The van der Waals surface area contributed by atoms with Crippen LogP contribution in [0.4, 0.5) is 4.39 Å². The van der Waals surface area contributed by atoms with E-state index in [4.69, 9.17) is 9.84 Å². The Balaban J connectivity index is 1.96. The summed E-state index contributed by atoms with van der Waals surface area (Å²) in [7, 11) is 1.66. The summed E-state index contributed by atoms with van der Waals surface area (Å²) < 4.78 is 18.5. The van der Waals surface area contributed by atoms with Crippen molar-refractivity contribution in [3.8, 4) is 0 Å². The molecule has 24 heavy (non-hydrogen) atoms. The first-order valence-corrected chi connectivity index (χ1v) is 7.87. The summed E-state index contributed by atoms with van der Waals surface area (Å²) in [6.45, 7) is 1.23. The van der Waals surface area contributed by atoms with Gasteiger partial charge in [0.15, 0.2) is 0 Å². The van der Waals surface area contributed by atoms with E-state index in [-0.39, 0.29) is 17.4 Å². The molecule has 0 saturated heterocycles. The quantitative estimate of drug-likeness (QED) is 0.740. The largest absolute Gasteiger partial charge is 0.478 e. The minimum absolute atomic E-state index is 0.144. The number of rotatable bonds is 9. The van der Waals surface area contributed by atoms with Crippen molar-refractivity contribution in [2.24, 2.45) is 0 Å². The average Bonchev–Trinajstić information content (AvgIpc) is 2.57. The first-order valence-electron chi connectivity index (χ1n) is 7.87. The Morgan fingerprint density at radius 2 is 1.96 bits per heavy atom. The fourth-order valence-corrected chi connectivity index (χ4v) is 2.51. The number of nitrogens with one attached hydrogen (secondary N) is 1. The minimum atomic E-state index is -0.932. The number of hydrogen-bond acceptors (Lipinski definition) is 3. The molecule has 0 aliphatic heterocycles. The first-order chi connectivity index (χ1) is 11.6. The van der Waals surface area contributed by atoms with Gasteiger partial charge in [-0.15, -0.1) is 0 Å². The molecule has 2 N–H and O–H groups in total. The minimum Gasteiger partial charge on any atom is -0.478 e. The second-order valence-corrected chi connectivity index (χ2v) is 5.70. The van der Waals surface area contributed by atoms with Gasteiger partial charge in [-0.2, -0.15) is 0 Å². The molecule has 0 aliphatic rings. The van der Waals surface area contributed by atoms with Gasteiger partial charge in [-0.05, 0) is 48.2 Å². The standard InChI is InChI=1S/C19H22FNO3/c1-24-10-9-18(12-15-3-2-4-17(20)11-15)21-13-14-5-7-16(8-6-14)19(22)23/h2-8,11,18,21H,9-10,12-13H2,1H3,(H,22,23). The molecule has 2 aromatic rings. The van der Waals surface area contributed by atoms with Gasteiger partial charge in [0, 0.05) is 26.3 Å². The number of methoxy groups -OCH3 is 1. The Labute approximate surface area is 141 Å². The van der Waals surface area contributed by atoms with Crippen LogP contribution in [0, 0.1) is 5.82 Å². The van der Waals surface area contributed by atoms with Gasteiger partial charge in [0.25, 0.3) is 0 Å². The summed E-state index contributed by atoms with van der Waals surface area (Å²) in [4.78, 5) is 10.9. The van der Waals surface area contributed by atoms with Crippen molar-refractivity contribution >= 4 is 5.97 Å². The van der Waals surface area contributed by atoms with E-state index in [1.807, 2.05) is 6.07 Å². The van der Waals surface area contributed by atoms with Crippen molar-refractivity contribution in [1.29, 1.82) is 0 Å². The molecule has 5 heteroatoms.